The van der Waals surface area contributed by atoms with Crippen molar-refractivity contribution in [2.24, 2.45) is 0 Å². The first kappa shape index (κ1) is 36.9. The molecule has 180 valence electrons. The molecule has 9 nitrogen and oxygen atoms in total. The summed E-state index contributed by atoms with van der Waals surface area (Å²) < 4.78 is 138. The maximum atomic E-state index is 11.5. The fourth-order valence-corrected chi connectivity index (χ4v) is 0.806. The molecule has 0 aliphatic heterocycles. The van der Waals surface area contributed by atoms with Crippen LogP contribution in [0.5, 0.6) is 0 Å². The largest absolute Gasteiger partial charge is 1.00 e. The van der Waals surface area contributed by atoms with Crippen LogP contribution in [0.15, 0.2) is 0 Å². The molecular weight excluding hydrogens is 486 g/mol. The Bertz CT molecular complexity index is 506. The molecule has 0 fully saturated rings. The number of carbonyl (C=O) groups is 2. The number of alkyl halides is 12. The van der Waals surface area contributed by atoms with Crippen LogP contribution < -0.4 is 23.9 Å². The smallest absolute Gasteiger partial charge is 0.832 e. The summed E-state index contributed by atoms with van der Waals surface area (Å²) in [5.41, 5.74) is -11.4. The third-order valence-corrected chi connectivity index (χ3v) is 2.26. The Morgan fingerprint density at radius 1 is 0.581 bits per heavy atom. The molecule has 6 N–H and O–H groups in total. The van der Waals surface area contributed by atoms with Crippen LogP contribution in [0, 0.1) is 0 Å². The predicted octanol–water partition coefficient (Wildman–Crippen LogP) is -3.83. The van der Waals surface area contributed by atoms with Gasteiger partial charge in [0.05, 0.1) is 0 Å². The average molecular weight is 492 g/mol. The molecule has 0 rings (SSSR count). The number of aliphatic carboxylic acids is 2. The van der Waals surface area contributed by atoms with E-state index in [1.165, 1.54) is 0 Å². The number of halogens is 12. The van der Waals surface area contributed by atoms with Crippen LogP contribution in [-0.4, -0.2) is 85.6 Å². The molecule has 0 atom stereocenters. The first-order valence-electron chi connectivity index (χ1n) is 5.82. The van der Waals surface area contributed by atoms with Crippen LogP contribution >= 0.6 is 0 Å². The molecule has 0 aliphatic rings. The molecule has 0 aromatic carbocycles. The Labute approximate surface area is 172 Å². The molecule has 0 aromatic rings. The Morgan fingerprint density at radius 2 is 0.677 bits per heavy atom. The number of hydrogen-bond acceptors (Lipinski definition) is 7. The van der Waals surface area contributed by atoms with E-state index >= 15 is 0 Å². The topological polar surface area (TPSA) is 179 Å². The van der Waals surface area contributed by atoms with E-state index in [-0.39, 0.29) is 18.9 Å². The number of carboxylic acid groups (broad SMARTS) is 2. The van der Waals surface area contributed by atoms with Crippen molar-refractivity contribution in [3.8, 4) is 0 Å². The minimum atomic E-state index is -6.31. The van der Waals surface area contributed by atoms with Gasteiger partial charge in [0.1, 0.15) is 0 Å². The van der Waals surface area contributed by atoms with Crippen molar-refractivity contribution in [2.75, 3.05) is 0 Å². The molecular formula is C8H6BF12LiO9. The third kappa shape index (κ3) is 9.30. The van der Waals surface area contributed by atoms with Gasteiger partial charge in [-0.2, -0.15) is 52.7 Å². The zero-order valence-electron chi connectivity index (χ0n) is 14.0. The second kappa shape index (κ2) is 11.4. The summed E-state index contributed by atoms with van der Waals surface area (Å²) in [4.78, 5) is 19.2. The van der Waals surface area contributed by atoms with Crippen molar-refractivity contribution in [1.82, 2.24) is 0 Å². The number of hydrogen-bond donors (Lipinski definition) is 6. The summed E-state index contributed by atoms with van der Waals surface area (Å²) in [6, 6.07) is 0. The molecule has 0 bridgehead atoms. The molecule has 0 saturated carbocycles. The van der Waals surface area contributed by atoms with Crippen molar-refractivity contribution >= 4 is 19.3 Å². The Hall–Kier alpha value is -1.44. The van der Waals surface area contributed by atoms with Gasteiger partial charge in [-0.3, -0.25) is 0 Å². The van der Waals surface area contributed by atoms with Crippen LogP contribution in [-0.2, 0) is 9.59 Å². The van der Waals surface area contributed by atoms with Crippen LogP contribution in [0.4, 0.5) is 52.7 Å². The third-order valence-electron chi connectivity index (χ3n) is 2.26. The summed E-state index contributed by atoms with van der Waals surface area (Å²) in [6.45, 7) is 0. The van der Waals surface area contributed by atoms with Crippen molar-refractivity contribution in [2.45, 2.75) is 35.9 Å². The fourth-order valence-electron chi connectivity index (χ4n) is 0.806. The quantitative estimate of drug-likeness (QED) is 0.167. The van der Waals surface area contributed by atoms with E-state index in [1.807, 2.05) is 0 Å². The standard InChI is InChI=1S/2C4H2F6O3.BH2O3.Li/c2*5-3(6,7)2(13,1(11)12)4(8,9)10;2-1(3)4;/h2*13H,(H,11,12);2-3H;/q;;-1;+1. The van der Waals surface area contributed by atoms with E-state index in [0.717, 1.165) is 0 Å². The first-order valence-corrected chi connectivity index (χ1v) is 5.82. The Morgan fingerprint density at radius 3 is 0.677 bits per heavy atom. The molecule has 0 saturated heterocycles. The van der Waals surface area contributed by atoms with Gasteiger partial charge in [-0.25, -0.2) is 9.59 Å². The molecule has 0 aliphatic carbocycles. The van der Waals surface area contributed by atoms with Gasteiger partial charge >= 0.3 is 74.0 Å². The van der Waals surface area contributed by atoms with Crippen LogP contribution in [0.3, 0.4) is 0 Å². The summed E-state index contributed by atoms with van der Waals surface area (Å²) in [7, 11) is -2.42. The van der Waals surface area contributed by atoms with Crippen molar-refractivity contribution in [3.63, 3.8) is 0 Å². The van der Waals surface area contributed by atoms with Gasteiger partial charge in [-0.15, -0.1) is 0 Å². The van der Waals surface area contributed by atoms with Crippen molar-refractivity contribution < 1.29 is 117 Å². The van der Waals surface area contributed by atoms with E-state index in [4.69, 9.17) is 35.5 Å². The predicted molar refractivity (Wildman–Crippen MR) is 59.6 cm³/mol. The van der Waals surface area contributed by atoms with E-state index in [9.17, 15) is 62.3 Å². The zero-order valence-corrected chi connectivity index (χ0v) is 14.0. The molecule has 0 heterocycles. The normalized spacial score (nSPS) is 12.9. The van der Waals surface area contributed by atoms with E-state index in [0.29, 0.717) is 0 Å². The second-order valence-corrected chi connectivity index (χ2v) is 4.35. The van der Waals surface area contributed by atoms with Gasteiger partial charge in [0.2, 0.25) is 0 Å². The Kier molecular flexibility index (Phi) is 13.6. The molecule has 0 radical (unpaired) electrons. The average Bonchev–Trinajstić information content (AvgIpc) is 2.40. The van der Waals surface area contributed by atoms with Gasteiger partial charge < -0.3 is 35.5 Å². The van der Waals surface area contributed by atoms with E-state index in [2.05, 4.69) is 0 Å². The minimum absolute atomic E-state index is 0. The molecule has 31 heavy (non-hydrogen) atoms. The second-order valence-electron chi connectivity index (χ2n) is 4.35. The van der Waals surface area contributed by atoms with Gasteiger partial charge in [-0.1, -0.05) is 0 Å². The van der Waals surface area contributed by atoms with Gasteiger partial charge in [0, 0.05) is 0 Å². The summed E-state index contributed by atoms with van der Waals surface area (Å²) >= 11 is 0. The van der Waals surface area contributed by atoms with Crippen LogP contribution in [0.2, 0.25) is 0 Å². The molecule has 23 heteroatoms. The van der Waals surface area contributed by atoms with Crippen molar-refractivity contribution in [1.29, 1.82) is 0 Å². The molecule has 0 unspecified atom stereocenters. The van der Waals surface area contributed by atoms with E-state index < -0.39 is 55.2 Å². The first-order chi connectivity index (χ1) is 12.6. The summed E-state index contributed by atoms with van der Waals surface area (Å²) in [5.74, 6) is -6.82. The van der Waals surface area contributed by atoms with E-state index in [1.54, 1.807) is 0 Å². The SMILES string of the molecule is O=C(O)C(O)(C(F)(F)F)C(F)(F)F.O=C(O)C(O)(C(F)(F)F)C(F)(F)F.[Li+].[O-]B(O)O. The molecule has 0 aromatic heterocycles. The Balaban J connectivity index is -0.000000195. The number of rotatable bonds is 2. The summed E-state index contributed by atoms with van der Waals surface area (Å²) in [5, 5.41) is 53.8. The van der Waals surface area contributed by atoms with Gasteiger partial charge in [0.25, 0.3) is 0 Å². The minimum Gasteiger partial charge on any atom is -0.832 e. The maximum absolute atomic E-state index is 11.5. The number of aliphatic hydroxyl groups is 2. The zero-order chi connectivity index (χ0) is 25.7. The molecule has 0 amide bonds. The van der Waals surface area contributed by atoms with Crippen molar-refractivity contribution in [3.05, 3.63) is 0 Å². The number of carboxylic acids is 2. The van der Waals surface area contributed by atoms with Gasteiger partial charge in [-0.05, 0) is 0 Å². The van der Waals surface area contributed by atoms with Crippen LogP contribution in [0.1, 0.15) is 0 Å². The van der Waals surface area contributed by atoms with Gasteiger partial charge in [0.15, 0.2) is 0 Å². The fraction of sp³-hybridized carbons (Fsp3) is 0.750. The maximum Gasteiger partial charge on any atom is 1.00 e. The molecule has 0 spiro atoms. The monoisotopic (exact) mass is 492 g/mol. The summed E-state index contributed by atoms with van der Waals surface area (Å²) in [6.07, 6.45) is -25.2. The van der Waals surface area contributed by atoms with Crippen LogP contribution in [0.25, 0.3) is 0 Å².